The summed E-state index contributed by atoms with van der Waals surface area (Å²) in [5.74, 6) is -0.00271. The number of hydrogen-bond acceptors (Lipinski definition) is 5. The molecule has 0 radical (unpaired) electrons. The summed E-state index contributed by atoms with van der Waals surface area (Å²) in [4.78, 5) is 33.2. The number of hydrogen-bond donors (Lipinski definition) is 0. The first kappa shape index (κ1) is 20.2. The van der Waals surface area contributed by atoms with Gasteiger partial charge in [-0.05, 0) is 54.1 Å². The Hall–Kier alpha value is -3.09. The first-order valence-electron chi connectivity index (χ1n) is 9.15. The lowest BCUT2D eigenvalue weighted by Gasteiger charge is -2.14. The van der Waals surface area contributed by atoms with E-state index in [1.54, 1.807) is 61.8 Å². The third kappa shape index (κ3) is 4.10. The van der Waals surface area contributed by atoms with E-state index in [2.05, 4.69) is 4.98 Å². The molecule has 0 saturated carbocycles. The number of thioether (sulfide) groups is 1. The molecule has 2 aromatic carbocycles. The minimum atomic E-state index is -0.340. The fourth-order valence-corrected chi connectivity index (χ4v) is 4.22. The van der Waals surface area contributed by atoms with E-state index in [4.69, 9.17) is 16.3 Å². The number of aromatic nitrogens is 1. The predicted molar refractivity (Wildman–Crippen MR) is 117 cm³/mol. The lowest BCUT2D eigenvalue weighted by molar-refractivity contribution is -0.137. The first-order chi connectivity index (χ1) is 14.6. The van der Waals surface area contributed by atoms with Crippen LogP contribution in [0.5, 0.6) is 5.75 Å². The summed E-state index contributed by atoms with van der Waals surface area (Å²) in [6, 6.07) is 19.7. The quantitative estimate of drug-likeness (QED) is 0.518. The van der Waals surface area contributed by atoms with Crippen LogP contribution in [-0.2, 0) is 16.1 Å². The fraction of sp³-hybridized carbons (Fsp3) is 0.0870. The number of benzene rings is 2. The molecule has 7 heteroatoms. The zero-order valence-electron chi connectivity index (χ0n) is 16.0. The molecule has 1 aromatic heterocycles. The molecule has 0 saturated heterocycles. The summed E-state index contributed by atoms with van der Waals surface area (Å²) >= 11 is 7.23. The summed E-state index contributed by atoms with van der Waals surface area (Å²) in [5.41, 5.74) is 1.68. The van der Waals surface area contributed by atoms with Crippen molar-refractivity contribution in [3.8, 4) is 5.75 Å². The lowest BCUT2D eigenvalue weighted by atomic mass is 10.1. The number of halogens is 1. The number of imide groups is 1. The molecule has 0 fully saturated rings. The molecule has 0 atom stereocenters. The average Bonchev–Trinajstić information content (AvgIpc) is 3.00. The smallest absolute Gasteiger partial charge is 0.268 e. The summed E-state index contributed by atoms with van der Waals surface area (Å²) < 4.78 is 5.21. The van der Waals surface area contributed by atoms with Crippen LogP contribution in [0.2, 0.25) is 5.02 Å². The van der Waals surface area contributed by atoms with Crippen molar-refractivity contribution >= 4 is 40.8 Å². The van der Waals surface area contributed by atoms with Crippen molar-refractivity contribution in [2.45, 2.75) is 11.4 Å². The highest BCUT2D eigenvalue weighted by molar-refractivity contribution is 8.04. The van der Waals surface area contributed by atoms with Crippen LogP contribution in [0.1, 0.15) is 11.3 Å². The molecule has 150 valence electrons. The average molecular weight is 437 g/mol. The van der Waals surface area contributed by atoms with E-state index in [9.17, 15) is 9.59 Å². The number of rotatable bonds is 6. The second-order valence-electron chi connectivity index (χ2n) is 6.51. The molecule has 5 nitrogen and oxygen atoms in total. The van der Waals surface area contributed by atoms with Crippen molar-refractivity contribution in [2.75, 3.05) is 7.11 Å². The molecule has 0 bridgehead atoms. The van der Waals surface area contributed by atoms with Crippen LogP contribution >= 0.6 is 23.4 Å². The molecule has 0 spiro atoms. The molecular weight excluding hydrogens is 420 g/mol. The Labute approximate surface area is 183 Å². The van der Waals surface area contributed by atoms with Gasteiger partial charge in [0.2, 0.25) is 0 Å². The Balaban J connectivity index is 1.73. The highest BCUT2D eigenvalue weighted by atomic mass is 35.5. The predicted octanol–water partition coefficient (Wildman–Crippen LogP) is 4.82. The molecular formula is C23H17ClN2O3S. The van der Waals surface area contributed by atoms with Gasteiger partial charge < -0.3 is 4.74 Å². The normalized spacial score (nSPS) is 13.9. The molecule has 0 aliphatic carbocycles. The topological polar surface area (TPSA) is 59.5 Å². The second-order valence-corrected chi connectivity index (χ2v) is 8.03. The van der Waals surface area contributed by atoms with Crippen LogP contribution in [0.25, 0.3) is 5.57 Å². The molecule has 4 rings (SSSR count). The molecule has 2 heterocycles. The number of amides is 2. The zero-order valence-corrected chi connectivity index (χ0v) is 17.6. The Kier molecular flexibility index (Phi) is 5.88. The second kappa shape index (κ2) is 8.73. The van der Waals surface area contributed by atoms with Crippen molar-refractivity contribution in [2.24, 2.45) is 0 Å². The number of pyridine rings is 1. The van der Waals surface area contributed by atoms with E-state index >= 15 is 0 Å². The number of carbonyl (C=O) groups excluding carboxylic acids is 2. The maximum atomic E-state index is 13.3. The van der Waals surface area contributed by atoms with Gasteiger partial charge in [-0.25, -0.2) is 0 Å². The van der Waals surface area contributed by atoms with Gasteiger partial charge >= 0.3 is 0 Å². The summed E-state index contributed by atoms with van der Waals surface area (Å²) in [7, 11) is 1.58. The van der Waals surface area contributed by atoms with Gasteiger partial charge in [0, 0.05) is 16.1 Å². The summed E-state index contributed by atoms with van der Waals surface area (Å²) in [6.45, 7) is 0.114. The fourth-order valence-electron chi connectivity index (χ4n) is 3.08. The molecule has 0 N–H and O–H groups in total. The SMILES string of the molecule is COc1ccc(C2=C(Sc3ccc(Cl)cc3)C(=O)N(Cc3ccccn3)C2=O)cc1. The van der Waals surface area contributed by atoms with Gasteiger partial charge in [-0.1, -0.05) is 41.6 Å². The molecule has 3 aromatic rings. The number of ether oxygens (including phenoxy) is 1. The van der Waals surface area contributed by atoms with Crippen molar-refractivity contribution in [3.05, 3.63) is 94.1 Å². The van der Waals surface area contributed by atoms with Crippen molar-refractivity contribution < 1.29 is 14.3 Å². The van der Waals surface area contributed by atoms with E-state index in [0.717, 1.165) is 4.90 Å². The van der Waals surface area contributed by atoms with E-state index in [1.165, 1.54) is 16.7 Å². The third-order valence-corrected chi connectivity index (χ3v) is 5.93. The van der Waals surface area contributed by atoms with Gasteiger partial charge in [0.05, 0.1) is 29.8 Å². The Morgan fingerprint density at radius 2 is 1.70 bits per heavy atom. The minimum absolute atomic E-state index is 0.114. The van der Waals surface area contributed by atoms with Gasteiger partial charge in [-0.2, -0.15) is 0 Å². The largest absolute Gasteiger partial charge is 0.497 e. The van der Waals surface area contributed by atoms with Gasteiger partial charge in [0.25, 0.3) is 11.8 Å². The number of nitrogens with zero attached hydrogens (tertiary/aromatic N) is 2. The third-order valence-electron chi connectivity index (χ3n) is 4.58. The maximum absolute atomic E-state index is 13.3. The van der Waals surface area contributed by atoms with Crippen LogP contribution in [0.15, 0.2) is 82.7 Å². The molecule has 0 unspecified atom stereocenters. The van der Waals surface area contributed by atoms with E-state index in [-0.39, 0.29) is 18.4 Å². The minimum Gasteiger partial charge on any atom is -0.497 e. The highest BCUT2D eigenvalue weighted by Gasteiger charge is 2.39. The molecule has 2 amide bonds. The molecule has 1 aliphatic heterocycles. The van der Waals surface area contributed by atoms with Crippen LogP contribution in [0.4, 0.5) is 0 Å². The summed E-state index contributed by atoms with van der Waals surface area (Å²) in [6.07, 6.45) is 1.64. The highest BCUT2D eigenvalue weighted by Crippen LogP contribution is 2.40. The van der Waals surface area contributed by atoms with Crippen molar-refractivity contribution in [1.82, 2.24) is 9.88 Å². The van der Waals surface area contributed by atoms with Gasteiger partial charge in [-0.15, -0.1) is 0 Å². The van der Waals surface area contributed by atoms with Gasteiger partial charge in [0.15, 0.2) is 0 Å². The van der Waals surface area contributed by atoms with Gasteiger partial charge in [-0.3, -0.25) is 19.5 Å². The lowest BCUT2D eigenvalue weighted by Crippen LogP contribution is -2.31. The Bertz CT molecular complexity index is 1110. The van der Waals surface area contributed by atoms with Crippen LogP contribution in [0, 0.1) is 0 Å². The molecule has 30 heavy (non-hydrogen) atoms. The standard InChI is InChI=1S/C23H17ClN2O3S/c1-29-18-9-5-15(6-10-18)20-21(30-19-11-7-16(24)8-12-19)23(28)26(22(20)27)14-17-4-2-3-13-25-17/h2-13H,14H2,1H3. The number of carbonyl (C=O) groups is 2. The van der Waals surface area contributed by atoms with Crippen molar-refractivity contribution in [3.63, 3.8) is 0 Å². The van der Waals surface area contributed by atoms with Crippen LogP contribution < -0.4 is 4.74 Å². The van der Waals surface area contributed by atoms with E-state index in [0.29, 0.717) is 32.5 Å². The number of methoxy groups -OCH3 is 1. The Morgan fingerprint density at radius 1 is 0.967 bits per heavy atom. The molecule has 1 aliphatic rings. The monoisotopic (exact) mass is 436 g/mol. The van der Waals surface area contributed by atoms with Crippen LogP contribution in [0.3, 0.4) is 0 Å². The zero-order chi connectivity index (χ0) is 21.1. The first-order valence-corrected chi connectivity index (χ1v) is 10.3. The van der Waals surface area contributed by atoms with E-state index in [1.807, 2.05) is 18.2 Å². The van der Waals surface area contributed by atoms with Crippen molar-refractivity contribution in [1.29, 1.82) is 0 Å². The van der Waals surface area contributed by atoms with Crippen LogP contribution in [-0.4, -0.2) is 28.8 Å². The van der Waals surface area contributed by atoms with Gasteiger partial charge in [0.1, 0.15) is 5.75 Å². The maximum Gasteiger partial charge on any atom is 0.268 e. The van der Waals surface area contributed by atoms with E-state index < -0.39 is 0 Å². The summed E-state index contributed by atoms with van der Waals surface area (Å²) in [5, 5.41) is 0.606. The Morgan fingerprint density at radius 3 is 2.33 bits per heavy atom.